The van der Waals surface area contributed by atoms with Gasteiger partial charge < -0.3 is 9.46 Å². The Labute approximate surface area is 148 Å². The van der Waals surface area contributed by atoms with Crippen molar-refractivity contribution in [2.45, 2.75) is 25.8 Å². The SMILES string of the molecule is CSNc1cccc(OCCCCN2CCc3ccccc3C2)n1. The maximum absolute atomic E-state index is 5.76. The Bertz CT molecular complexity index is 650. The van der Waals surface area contributed by atoms with E-state index in [1.54, 1.807) is 0 Å². The van der Waals surface area contributed by atoms with E-state index in [1.165, 1.54) is 36.0 Å². The molecule has 5 heteroatoms. The van der Waals surface area contributed by atoms with Crippen LogP contribution in [-0.2, 0) is 13.0 Å². The molecule has 2 heterocycles. The van der Waals surface area contributed by atoms with E-state index in [0.29, 0.717) is 5.88 Å². The van der Waals surface area contributed by atoms with Crippen LogP contribution in [0.25, 0.3) is 0 Å². The van der Waals surface area contributed by atoms with Crippen LogP contribution in [0, 0.1) is 0 Å². The van der Waals surface area contributed by atoms with E-state index in [1.807, 2.05) is 24.5 Å². The Balaban J connectivity index is 1.35. The number of anilines is 1. The van der Waals surface area contributed by atoms with Gasteiger partial charge in [0.1, 0.15) is 5.82 Å². The van der Waals surface area contributed by atoms with Crippen molar-refractivity contribution >= 4 is 17.8 Å². The zero-order chi connectivity index (χ0) is 16.6. The lowest BCUT2D eigenvalue weighted by molar-refractivity contribution is 0.233. The predicted octanol–water partition coefficient (Wildman–Crippen LogP) is 3.99. The Morgan fingerprint density at radius 1 is 1.12 bits per heavy atom. The van der Waals surface area contributed by atoms with Crippen molar-refractivity contribution in [3.05, 3.63) is 53.6 Å². The number of unbranched alkanes of at least 4 members (excludes halogenated alkanes) is 1. The van der Waals surface area contributed by atoms with Gasteiger partial charge in [-0.1, -0.05) is 42.3 Å². The Morgan fingerprint density at radius 2 is 2.00 bits per heavy atom. The normalized spacial score (nSPS) is 14.2. The number of pyridine rings is 1. The summed E-state index contributed by atoms with van der Waals surface area (Å²) in [6.07, 6.45) is 5.37. The highest BCUT2D eigenvalue weighted by atomic mass is 32.2. The van der Waals surface area contributed by atoms with Crippen molar-refractivity contribution in [1.82, 2.24) is 9.88 Å². The van der Waals surface area contributed by atoms with E-state index >= 15 is 0 Å². The first kappa shape index (κ1) is 17.1. The number of aromatic nitrogens is 1. The lowest BCUT2D eigenvalue weighted by Gasteiger charge is -2.28. The number of nitrogens with zero attached hydrogens (tertiary/aromatic N) is 2. The number of fused-ring (bicyclic) bond motifs is 1. The first-order valence-corrected chi connectivity index (χ1v) is 9.75. The van der Waals surface area contributed by atoms with E-state index in [2.05, 4.69) is 38.9 Å². The van der Waals surface area contributed by atoms with Crippen molar-refractivity contribution in [3.63, 3.8) is 0 Å². The van der Waals surface area contributed by atoms with Gasteiger partial charge in [-0.2, -0.15) is 4.98 Å². The van der Waals surface area contributed by atoms with Gasteiger partial charge in [0.05, 0.1) is 6.61 Å². The molecule has 0 radical (unpaired) electrons. The number of rotatable bonds is 8. The highest BCUT2D eigenvalue weighted by Crippen LogP contribution is 2.19. The second kappa shape index (κ2) is 8.94. The van der Waals surface area contributed by atoms with Crippen LogP contribution in [-0.4, -0.2) is 35.8 Å². The highest BCUT2D eigenvalue weighted by Gasteiger charge is 2.14. The fourth-order valence-corrected chi connectivity index (χ4v) is 3.34. The van der Waals surface area contributed by atoms with Crippen molar-refractivity contribution in [1.29, 1.82) is 0 Å². The number of ether oxygens (including phenoxy) is 1. The van der Waals surface area contributed by atoms with Crippen molar-refractivity contribution in [3.8, 4) is 5.88 Å². The van der Waals surface area contributed by atoms with E-state index in [0.717, 1.165) is 38.4 Å². The highest BCUT2D eigenvalue weighted by molar-refractivity contribution is 7.99. The molecule has 0 saturated carbocycles. The summed E-state index contributed by atoms with van der Waals surface area (Å²) >= 11 is 1.53. The van der Waals surface area contributed by atoms with E-state index in [-0.39, 0.29) is 0 Å². The molecule has 0 fully saturated rings. The molecule has 0 aliphatic carbocycles. The predicted molar refractivity (Wildman–Crippen MR) is 102 cm³/mol. The molecule has 0 unspecified atom stereocenters. The zero-order valence-electron chi connectivity index (χ0n) is 14.2. The fourth-order valence-electron chi connectivity index (χ4n) is 3.02. The second-order valence-electron chi connectivity index (χ2n) is 6.02. The minimum absolute atomic E-state index is 0.695. The van der Waals surface area contributed by atoms with Crippen molar-refractivity contribution < 1.29 is 4.74 Å². The Morgan fingerprint density at radius 3 is 2.88 bits per heavy atom. The third-order valence-corrected chi connectivity index (χ3v) is 4.67. The molecule has 3 rings (SSSR count). The third-order valence-electron chi connectivity index (χ3n) is 4.26. The summed E-state index contributed by atoms with van der Waals surface area (Å²) in [7, 11) is 0. The molecular formula is C19H25N3OS. The van der Waals surface area contributed by atoms with Gasteiger partial charge in [-0.15, -0.1) is 0 Å². The van der Waals surface area contributed by atoms with E-state index in [4.69, 9.17) is 4.74 Å². The lowest BCUT2D eigenvalue weighted by atomic mass is 10.00. The summed E-state index contributed by atoms with van der Waals surface area (Å²) in [5.41, 5.74) is 3.00. The summed E-state index contributed by atoms with van der Waals surface area (Å²) < 4.78 is 8.88. The molecule has 0 saturated heterocycles. The monoisotopic (exact) mass is 343 g/mol. The lowest BCUT2D eigenvalue weighted by Crippen LogP contribution is -2.31. The molecular weight excluding hydrogens is 318 g/mol. The van der Waals surface area contributed by atoms with Gasteiger partial charge in [0.2, 0.25) is 5.88 Å². The third kappa shape index (κ3) is 4.89. The van der Waals surface area contributed by atoms with Crippen LogP contribution in [0.1, 0.15) is 24.0 Å². The smallest absolute Gasteiger partial charge is 0.215 e. The van der Waals surface area contributed by atoms with Gasteiger partial charge in [0.15, 0.2) is 0 Å². The fraction of sp³-hybridized carbons (Fsp3) is 0.421. The van der Waals surface area contributed by atoms with Gasteiger partial charge in [-0.3, -0.25) is 4.90 Å². The zero-order valence-corrected chi connectivity index (χ0v) is 15.0. The van der Waals surface area contributed by atoms with Crippen molar-refractivity contribution in [2.75, 3.05) is 30.7 Å². The molecule has 1 aromatic carbocycles. The first-order valence-electron chi connectivity index (χ1n) is 8.53. The molecule has 0 amide bonds. The molecule has 1 N–H and O–H groups in total. The second-order valence-corrected chi connectivity index (χ2v) is 6.63. The van der Waals surface area contributed by atoms with Gasteiger partial charge in [0.25, 0.3) is 0 Å². The van der Waals surface area contributed by atoms with E-state index in [9.17, 15) is 0 Å². The van der Waals surface area contributed by atoms with Gasteiger partial charge in [-0.05, 0) is 43.0 Å². The van der Waals surface area contributed by atoms with Crippen LogP contribution in [0.2, 0.25) is 0 Å². The average molecular weight is 343 g/mol. The van der Waals surface area contributed by atoms with Gasteiger partial charge >= 0.3 is 0 Å². The van der Waals surface area contributed by atoms with Crippen LogP contribution in [0.4, 0.5) is 5.82 Å². The first-order chi connectivity index (χ1) is 11.8. The number of hydrogen-bond acceptors (Lipinski definition) is 5. The molecule has 0 atom stereocenters. The van der Waals surface area contributed by atoms with E-state index < -0.39 is 0 Å². The number of nitrogens with one attached hydrogen (secondary N) is 1. The maximum atomic E-state index is 5.76. The summed E-state index contributed by atoms with van der Waals surface area (Å²) in [5.74, 6) is 1.54. The van der Waals surface area contributed by atoms with Gasteiger partial charge in [-0.25, -0.2) is 0 Å². The molecule has 4 nitrogen and oxygen atoms in total. The molecule has 24 heavy (non-hydrogen) atoms. The molecule has 0 spiro atoms. The number of benzene rings is 1. The molecule has 0 bridgehead atoms. The van der Waals surface area contributed by atoms with Gasteiger partial charge in [0, 0.05) is 25.4 Å². The van der Waals surface area contributed by atoms with Crippen LogP contribution in [0.5, 0.6) is 5.88 Å². The van der Waals surface area contributed by atoms with Crippen LogP contribution in [0.15, 0.2) is 42.5 Å². The summed E-state index contributed by atoms with van der Waals surface area (Å²) in [4.78, 5) is 6.96. The molecule has 2 aromatic rings. The standard InChI is InChI=1S/C19H25N3OS/c1-24-21-18-9-6-10-19(20-18)23-14-5-4-12-22-13-11-16-7-2-3-8-17(16)15-22/h2-3,6-10H,4-5,11-15H2,1H3,(H,20,21). The van der Waals surface area contributed by atoms with Crippen LogP contribution < -0.4 is 9.46 Å². The summed E-state index contributed by atoms with van der Waals surface area (Å²) in [6, 6.07) is 14.6. The molecule has 1 aliphatic heterocycles. The van der Waals surface area contributed by atoms with Crippen LogP contribution in [0.3, 0.4) is 0 Å². The van der Waals surface area contributed by atoms with Crippen molar-refractivity contribution in [2.24, 2.45) is 0 Å². The maximum Gasteiger partial charge on any atom is 0.215 e. The summed E-state index contributed by atoms with van der Waals surface area (Å²) in [5, 5.41) is 0. The largest absolute Gasteiger partial charge is 0.478 e. The minimum atomic E-state index is 0.695. The molecule has 1 aliphatic rings. The van der Waals surface area contributed by atoms with Crippen LogP contribution >= 0.6 is 11.9 Å². The molecule has 1 aromatic heterocycles. The minimum Gasteiger partial charge on any atom is -0.478 e. The topological polar surface area (TPSA) is 37.4 Å². The Kier molecular flexibility index (Phi) is 6.38. The summed E-state index contributed by atoms with van der Waals surface area (Å²) in [6.45, 7) is 4.11. The molecule has 128 valence electrons. The number of hydrogen-bond donors (Lipinski definition) is 1. The Hall–Kier alpha value is -1.72. The average Bonchev–Trinajstić information content (AvgIpc) is 2.62. The quantitative estimate of drug-likeness (QED) is 0.579.